The number of nitrogen functional groups attached to an aromatic ring is 1. The lowest BCUT2D eigenvalue weighted by molar-refractivity contribution is -0.157. The van der Waals surface area contributed by atoms with Crippen molar-refractivity contribution in [3.63, 3.8) is 0 Å². The molecule has 12 nitrogen and oxygen atoms in total. The van der Waals surface area contributed by atoms with E-state index in [9.17, 15) is 19.2 Å². The molecule has 1 amide bonds. The Morgan fingerprint density at radius 2 is 1.91 bits per heavy atom. The normalized spacial score (nSPS) is 12.1. The maximum Gasteiger partial charge on any atom is 0.329 e. The van der Waals surface area contributed by atoms with Crippen molar-refractivity contribution in [1.29, 1.82) is 0 Å². The predicted molar refractivity (Wildman–Crippen MR) is 129 cm³/mol. The van der Waals surface area contributed by atoms with Gasteiger partial charge in [0.1, 0.15) is 17.9 Å². The topological polar surface area (TPSA) is 182 Å². The highest BCUT2D eigenvalue weighted by atomic mass is 16.6. The lowest BCUT2D eigenvalue weighted by Gasteiger charge is -2.24. The maximum absolute atomic E-state index is 12.7. The van der Waals surface area contributed by atoms with Gasteiger partial charge in [0.15, 0.2) is 11.2 Å². The summed E-state index contributed by atoms with van der Waals surface area (Å²) in [5, 5.41) is 5.77. The SMILES string of the molecule is CC(C)(C)OC(=O)[C@@H](CCC=O)NC(=O)c1ccc(NCc2cnc3nc(N)[nH]c(=O)c3n2)cc1. The van der Waals surface area contributed by atoms with Crippen LogP contribution in [0.4, 0.5) is 11.6 Å². The molecule has 35 heavy (non-hydrogen) atoms. The van der Waals surface area contributed by atoms with E-state index in [0.717, 1.165) is 0 Å². The van der Waals surface area contributed by atoms with Crippen LogP contribution in [0.15, 0.2) is 35.3 Å². The van der Waals surface area contributed by atoms with Crippen LogP contribution in [0, 0.1) is 0 Å². The number of anilines is 2. The smallest absolute Gasteiger partial charge is 0.329 e. The van der Waals surface area contributed by atoms with Crippen molar-refractivity contribution in [1.82, 2.24) is 25.3 Å². The van der Waals surface area contributed by atoms with E-state index in [1.165, 1.54) is 6.20 Å². The summed E-state index contributed by atoms with van der Waals surface area (Å²) in [6.45, 7) is 5.45. The molecule has 0 spiro atoms. The van der Waals surface area contributed by atoms with E-state index in [1.54, 1.807) is 45.0 Å². The predicted octanol–water partition coefficient (Wildman–Crippen LogP) is 1.33. The summed E-state index contributed by atoms with van der Waals surface area (Å²) in [5.74, 6) is -1.10. The zero-order chi connectivity index (χ0) is 25.6. The monoisotopic (exact) mass is 481 g/mol. The summed E-state index contributed by atoms with van der Waals surface area (Å²) in [6, 6.07) is 5.61. The van der Waals surface area contributed by atoms with Gasteiger partial charge in [-0.15, -0.1) is 0 Å². The molecule has 12 heteroatoms. The Labute approximate surface area is 200 Å². The Balaban J connectivity index is 1.63. The summed E-state index contributed by atoms with van der Waals surface area (Å²) < 4.78 is 5.34. The number of nitrogens with two attached hydrogens (primary N) is 1. The van der Waals surface area contributed by atoms with Crippen molar-refractivity contribution in [3.05, 3.63) is 52.1 Å². The molecule has 0 fully saturated rings. The van der Waals surface area contributed by atoms with Crippen molar-refractivity contribution in [2.45, 2.75) is 51.8 Å². The van der Waals surface area contributed by atoms with Gasteiger partial charge >= 0.3 is 5.97 Å². The number of rotatable bonds is 9. The average Bonchev–Trinajstić information content (AvgIpc) is 2.79. The van der Waals surface area contributed by atoms with Crippen LogP contribution in [-0.2, 0) is 20.9 Å². The van der Waals surface area contributed by atoms with Gasteiger partial charge in [-0.25, -0.2) is 14.8 Å². The molecule has 1 atom stereocenters. The molecule has 0 radical (unpaired) electrons. The number of amides is 1. The molecule has 1 aromatic carbocycles. The van der Waals surface area contributed by atoms with Crippen LogP contribution in [-0.4, -0.2) is 49.7 Å². The largest absolute Gasteiger partial charge is 0.458 e. The fraction of sp³-hybridized carbons (Fsp3) is 0.348. The fourth-order valence-corrected chi connectivity index (χ4v) is 3.09. The number of benzene rings is 1. The molecule has 0 aliphatic carbocycles. The summed E-state index contributed by atoms with van der Waals surface area (Å²) >= 11 is 0. The van der Waals surface area contributed by atoms with Gasteiger partial charge in [0.05, 0.1) is 18.4 Å². The van der Waals surface area contributed by atoms with Gasteiger partial charge in [0.25, 0.3) is 11.5 Å². The Hall–Kier alpha value is -4.35. The molecule has 0 aliphatic rings. The first-order valence-electron chi connectivity index (χ1n) is 10.9. The highest BCUT2D eigenvalue weighted by Crippen LogP contribution is 2.14. The van der Waals surface area contributed by atoms with Gasteiger partial charge in [0, 0.05) is 17.7 Å². The quantitative estimate of drug-likeness (QED) is 0.257. The lowest BCUT2D eigenvalue weighted by Crippen LogP contribution is -2.44. The Bertz CT molecular complexity index is 1280. The van der Waals surface area contributed by atoms with Gasteiger partial charge in [0.2, 0.25) is 5.95 Å². The third-order valence-electron chi connectivity index (χ3n) is 4.68. The lowest BCUT2D eigenvalue weighted by atomic mass is 10.1. The molecule has 0 unspecified atom stereocenters. The van der Waals surface area contributed by atoms with E-state index in [0.29, 0.717) is 23.2 Å². The summed E-state index contributed by atoms with van der Waals surface area (Å²) in [5.41, 5.74) is 6.07. The molecule has 2 heterocycles. The maximum atomic E-state index is 12.7. The van der Waals surface area contributed by atoms with Gasteiger partial charge in [-0.2, -0.15) is 4.98 Å². The zero-order valence-electron chi connectivity index (χ0n) is 19.6. The van der Waals surface area contributed by atoms with E-state index in [-0.39, 0.29) is 36.5 Å². The third kappa shape index (κ3) is 7.06. The minimum absolute atomic E-state index is 0.0343. The number of hydrogen-bond donors (Lipinski definition) is 4. The Morgan fingerprint density at radius 3 is 2.57 bits per heavy atom. The van der Waals surface area contributed by atoms with Gasteiger partial charge < -0.3 is 25.9 Å². The first-order valence-corrected chi connectivity index (χ1v) is 10.9. The van der Waals surface area contributed by atoms with Crippen LogP contribution < -0.4 is 21.9 Å². The first kappa shape index (κ1) is 25.3. The number of fused-ring (bicyclic) bond motifs is 1. The van der Waals surface area contributed by atoms with Gasteiger partial charge in [-0.05, 0) is 51.5 Å². The number of ether oxygens (including phenoxy) is 1. The zero-order valence-corrected chi connectivity index (χ0v) is 19.6. The Kier molecular flexibility index (Phi) is 7.74. The number of aldehydes is 1. The number of nitrogens with one attached hydrogen (secondary N) is 3. The molecule has 0 saturated carbocycles. The fourth-order valence-electron chi connectivity index (χ4n) is 3.09. The molecule has 0 bridgehead atoms. The molecule has 2 aromatic heterocycles. The standard InChI is InChI=1S/C23H27N7O5/c1-23(2,3)35-21(34)16(5-4-10-31)28-19(32)13-6-8-14(9-7-13)25-11-15-12-26-18-17(27-15)20(33)30-22(24)29-18/h6-10,12,16,25H,4-5,11H2,1-3H3,(H,28,32)(H3,24,26,29,30,33)/t16-/m1/s1. The summed E-state index contributed by atoms with van der Waals surface area (Å²) in [4.78, 5) is 62.5. The molecule has 5 N–H and O–H groups in total. The molecule has 0 aliphatic heterocycles. The first-order chi connectivity index (χ1) is 16.6. The van der Waals surface area contributed by atoms with Crippen molar-refractivity contribution >= 4 is 41.0 Å². The second kappa shape index (κ2) is 10.7. The van der Waals surface area contributed by atoms with Crippen LogP contribution in [0.2, 0.25) is 0 Å². The van der Waals surface area contributed by atoms with Crippen LogP contribution >= 0.6 is 0 Å². The molecular formula is C23H27N7O5. The molecule has 3 rings (SSSR count). The molecule has 184 valence electrons. The number of aromatic amines is 1. The summed E-state index contributed by atoms with van der Waals surface area (Å²) in [7, 11) is 0. The van der Waals surface area contributed by atoms with Crippen LogP contribution in [0.3, 0.4) is 0 Å². The van der Waals surface area contributed by atoms with Crippen LogP contribution in [0.1, 0.15) is 49.7 Å². The summed E-state index contributed by atoms with van der Waals surface area (Å²) in [6.07, 6.45) is 2.42. The molecule has 0 saturated heterocycles. The van der Waals surface area contributed by atoms with E-state index >= 15 is 0 Å². The highest BCUT2D eigenvalue weighted by Gasteiger charge is 2.26. The third-order valence-corrected chi connectivity index (χ3v) is 4.68. The van der Waals surface area contributed by atoms with Crippen molar-refractivity contribution in [3.8, 4) is 0 Å². The van der Waals surface area contributed by atoms with E-state index in [1.807, 2.05) is 0 Å². The Morgan fingerprint density at radius 1 is 1.20 bits per heavy atom. The second-order valence-corrected chi connectivity index (χ2v) is 8.72. The highest BCUT2D eigenvalue weighted by molar-refractivity contribution is 5.97. The molecule has 3 aromatic rings. The van der Waals surface area contributed by atoms with Crippen LogP contribution in [0.25, 0.3) is 11.2 Å². The van der Waals surface area contributed by atoms with E-state index in [4.69, 9.17) is 10.5 Å². The van der Waals surface area contributed by atoms with Gasteiger partial charge in [-0.3, -0.25) is 14.6 Å². The minimum Gasteiger partial charge on any atom is -0.458 e. The number of esters is 1. The average molecular weight is 482 g/mol. The number of carbonyl (C=O) groups excluding carboxylic acids is 3. The number of hydrogen-bond acceptors (Lipinski definition) is 10. The number of carbonyl (C=O) groups is 3. The second-order valence-electron chi connectivity index (χ2n) is 8.72. The van der Waals surface area contributed by atoms with Crippen LogP contribution in [0.5, 0.6) is 0 Å². The van der Waals surface area contributed by atoms with Crippen molar-refractivity contribution in [2.24, 2.45) is 0 Å². The number of H-pyrrole nitrogens is 1. The van der Waals surface area contributed by atoms with Crippen molar-refractivity contribution < 1.29 is 19.1 Å². The number of aromatic nitrogens is 4. The van der Waals surface area contributed by atoms with Crippen molar-refractivity contribution in [2.75, 3.05) is 11.1 Å². The van der Waals surface area contributed by atoms with E-state index in [2.05, 4.69) is 30.6 Å². The van der Waals surface area contributed by atoms with E-state index < -0.39 is 29.1 Å². The molecular weight excluding hydrogens is 454 g/mol. The van der Waals surface area contributed by atoms with Gasteiger partial charge in [-0.1, -0.05) is 0 Å². The minimum atomic E-state index is -0.941. The number of nitrogens with zero attached hydrogens (tertiary/aromatic N) is 3.